The van der Waals surface area contributed by atoms with Gasteiger partial charge in [0.1, 0.15) is 0 Å². The highest BCUT2D eigenvalue weighted by atomic mass is 35.5. The van der Waals surface area contributed by atoms with E-state index in [4.69, 9.17) is 16.7 Å². The average molecular weight is 228 g/mol. The maximum absolute atomic E-state index is 8.69. The van der Waals surface area contributed by atoms with E-state index in [1.165, 1.54) is 5.56 Å². The lowest BCUT2D eigenvalue weighted by atomic mass is 9.84. The lowest BCUT2D eigenvalue weighted by molar-refractivity contribution is 0.286. The van der Waals surface area contributed by atoms with Crippen LogP contribution in [0.25, 0.3) is 0 Å². The van der Waals surface area contributed by atoms with Crippen LogP contribution < -0.4 is 5.32 Å². The molecule has 1 aromatic rings. The molecule has 0 saturated carbocycles. The Morgan fingerprint density at radius 2 is 1.87 bits per heavy atom. The van der Waals surface area contributed by atoms with Crippen molar-refractivity contribution >= 4 is 11.6 Å². The molecular formula is C12H18ClNO. The van der Waals surface area contributed by atoms with Crippen molar-refractivity contribution in [2.45, 2.75) is 19.3 Å². The van der Waals surface area contributed by atoms with E-state index >= 15 is 0 Å². The van der Waals surface area contributed by atoms with Crippen LogP contribution in [0, 0.1) is 0 Å². The fraction of sp³-hybridized carbons (Fsp3) is 0.500. The van der Waals surface area contributed by atoms with Crippen molar-refractivity contribution < 1.29 is 5.11 Å². The molecule has 0 saturated heterocycles. The van der Waals surface area contributed by atoms with Gasteiger partial charge >= 0.3 is 0 Å². The summed E-state index contributed by atoms with van der Waals surface area (Å²) in [6, 6.07) is 7.90. The number of aliphatic hydroxyl groups is 1. The number of hydrogen-bond donors (Lipinski definition) is 2. The van der Waals surface area contributed by atoms with Crippen LogP contribution >= 0.6 is 11.6 Å². The van der Waals surface area contributed by atoms with Crippen molar-refractivity contribution in [1.29, 1.82) is 0 Å². The van der Waals surface area contributed by atoms with E-state index < -0.39 is 0 Å². The topological polar surface area (TPSA) is 32.3 Å². The molecule has 2 N–H and O–H groups in total. The standard InChI is InChI=1S/C12H18ClNO/c1-12(2,9-14-7-8-15)10-3-5-11(13)6-4-10/h3-6,14-15H,7-9H2,1-2H3. The van der Waals surface area contributed by atoms with Crippen molar-refractivity contribution in [3.05, 3.63) is 34.9 Å². The third kappa shape index (κ3) is 3.82. The van der Waals surface area contributed by atoms with Gasteiger partial charge in [0.05, 0.1) is 6.61 Å². The van der Waals surface area contributed by atoms with E-state index in [9.17, 15) is 0 Å². The molecule has 1 aromatic carbocycles. The highest BCUT2D eigenvalue weighted by Crippen LogP contribution is 2.23. The van der Waals surface area contributed by atoms with E-state index in [1.54, 1.807) is 0 Å². The number of halogens is 1. The van der Waals surface area contributed by atoms with Gasteiger partial charge < -0.3 is 10.4 Å². The maximum Gasteiger partial charge on any atom is 0.0555 e. The van der Waals surface area contributed by atoms with Crippen molar-refractivity contribution in [3.63, 3.8) is 0 Å². The molecule has 0 atom stereocenters. The Labute approximate surface area is 96.3 Å². The molecule has 0 bridgehead atoms. The molecule has 0 amide bonds. The lowest BCUT2D eigenvalue weighted by Crippen LogP contribution is -2.34. The highest BCUT2D eigenvalue weighted by Gasteiger charge is 2.19. The van der Waals surface area contributed by atoms with Crippen LogP contribution in [-0.4, -0.2) is 24.8 Å². The molecule has 0 aromatic heterocycles. The molecule has 1 rings (SSSR count). The number of rotatable bonds is 5. The first-order chi connectivity index (χ1) is 7.06. The summed E-state index contributed by atoms with van der Waals surface area (Å²) in [4.78, 5) is 0. The smallest absolute Gasteiger partial charge is 0.0555 e. The van der Waals surface area contributed by atoms with Gasteiger partial charge in [0, 0.05) is 23.5 Å². The first kappa shape index (κ1) is 12.5. The van der Waals surface area contributed by atoms with Gasteiger partial charge in [-0.05, 0) is 17.7 Å². The molecule has 3 heteroatoms. The van der Waals surface area contributed by atoms with Crippen molar-refractivity contribution in [1.82, 2.24) is 5.32 Å². The normalized spacial score (nSPS) is 11.7. The fourth-order valence-electron chi connectivity index (χ4n) is 1.48. The second kappa shape index (κ2) is 5.50. The Kier molecular flexibility index (Phi) is 4.58. The molecule has 2 nitrogen and oxygen atoms in total. The molecule has 0 radical (unpaired) electrons. The second-order valence-corrected chi connectivity index (χ2v) is 4.73. The Balaban J connectivity index is 2.63. The maximum atomic E-state index is 8.69. The third-order valence-electron chi connectivity index (χ3n) is 2.48. The zero-order chi connectivity index (χ0) is 11.3. The van der Waals surface area contributed by atoms with Gasteiger partial charge in [-0.2, -0.15) is 0 Å². The zero-order valence-electron chi connectivity index (χ0n) is 9.26. The molecule has 0 unspecified atom stereocenters. The van der Waals surface area contributed by atoms with Crippen LogP contribution in [0.1, 0.15) is 19.4 Å². The molecule has 0 aliphatic rings. The summed E-state index contributed by atoms with van der Waals surface area (Å²) in [7, 11) is 0. The number of hydrogen-bond acceptors (Lipinski definition) is 2. The van der Waals surface area contributed by atoms with Gasteiger partial charge in [0.15, 0.2) is 0 Å². The Bertz CT molecular complexity index is 295. The monoisotopic (exact) mass is 227 g/mol. The van der Waals surface area contributed by atoms with Crippen LogP contribution in [0.15, 0.2) is 24.3 Å². The quantitative estimate of drug-likeness (QED) is 0.756. The summed E-state index contributed by atoms with van der Waals surface area (Å²) in [5, 5.41) is 12.7. The lowest BCUT2D eigenvalue weighted by Gasteiger charge is -2.25. The van der Waals surface area contributed by atoms with Gasteiger partial charge in [0.2, 0.25) is 0 Å². The van der Waals surface area contributed by atoms with E-state index in [0.717, 1.165) is 11.6 Å². The second-order valence-electron chi connectivity index (χ2n) is 4.29. The van der Waals surface area contributed by atoms with E-state index in [2.05, 4.69) is 19.2 Å². The summed E-state index contributed by atoms with van der Waals surface area (Å²) in [5.41, 5.74) is 1.30. The highest BCUT2D eigenvalue weighted by molar-refractivity contribution is 6.30. The minimum atomic E-state index is 0.0553. The minimum Gasteiger partial charge on any atom is -0.395 e. The summed E-state index contributed by atoms with van der Waals surface area (Å²) in [6.45, 7) is 5.99. The van der Waals surface area contributed by atoms with E-state index in [1.807, 2.05) is 24.3 Å². The third-order valence-corrected chi connectivity index (χ3v) is 2.73. The van der Waals surface area contributed by atoms with Gasteiger partial charge in [0.25, 0.3) is 0 Å². The van der Waals surface area contributed by atoms with Gasteiger partial charge in [-0.15, -0.1) is 0 Å². The predicted octanol–water partition coefficient (Wildman–Crippen LogP) is 2.20. The fourth-order valence-corrected chi connectivity index (χ4v) is 1.61. The van der Waals surface area contributed by atoms with E-state index in [0.29, 0.717) is 6.54 Å². The zero-order valence-corrected chi connectivity index (χ0v) is 10.0. The summed E-state index contributed by atoms with van der Waals surface area (Å²) in [5.74, 6) is 0. The summed E-state index contributed by atoms with van der Waals surface area (Å²) < 4.78 is 0. The van der Waals surface area contributed by atoms with Crippen molar-refractivity contribution in [2.24, 2.45) is 0 Å². The predicted molar refractivity (Wildman–Crippen MR) is 64.4 cm³/mol. The molecule has 84 valence electrons. The van der Waals surface area contributed by atoms with Crippen LogP contribution in [0.4, 0.5) is 0 Å². The van der Waals surface area contributed by atoms with Crippen LogP contribution in [0.2, 0.25) is 5.02 Å². The van der Waals surface area contributed by atoms with Crippen LogP contribution in [0.5, 0.6) is 0 Å². The SMILES string of the molecule is CC(C)(CNCCO)c1ccc(Cl)cc1. The molecule has 0 spiro atoms. The molecule has 0 heterocycles. The Hall–Kier alpha value is -0.570. The number of benzene rings is 1. The molecule has 0 aliphatic heterocycles. The summed E-state index contributed by atoms with van der Waals surface area (Å²) >= 11 is 5.84. The first-order valence-electron chi connectivity index (χ1n) is 5.14. The van der Waals surface area contributed by atoms with Gasteiger partial charge in [-0.3, -0.25) is 0 Å². The average Bonchev–Trinajstić information content (AvgIpc) is 2.18. The van der Waals surface area contributed by atoms with Gasteiger partial charge in [-0.1, -0.05) is 37.6 Å². The first-order valence-corrected chi connectivity index (χ1v) is 5.52. The molecule has 0 fully saturated rings. The number of aliphatic hydroxyl groups excluding tert-OH is 1. The van der Waals surface area contributed by atoms with Crippen LogP contribution in [-0.2, 0) is 5.41 Å². The van der Waals surface area contributed by atoms with E-state index in [-0.39, 0.29) is 12.0 Å². The van der Waals surface area contributed by atoms with Crippen molar-refractivity contribution in [2.75, 3.05) is 19.7 Å². The molecule has 15 heavy (non-hydrogen) atoms. The number of nitrogens with one attached hydrogen (secondary N) is 1. The Morgan fingerprint density at radius 1 is 1.27 bits per heavy atom. The largest absolute Gasteiger partial charge is 0.395 e. The van der Waals surface area contributed by atoms with Gasteiger partial charge in [-0.25, -0.2) is 0 Å². The Morgan fingerprint density at radius 3 is 2.40 bits per heavy atom. The summed E-state index contributed by atoms with van der Waals surface area (Å²) in [6.07, 6.45) is 0. The molecular weight excluding hydrogens is 210 g/mol. The van der Waals surface area contributed by atoms with Crippen molar-refractivity contribution in [3.8, 4) is 0 Å². The van der Waals surface area contributed by atoms with Crippen LogP contribution in [0.3, 0.4) is 0 Å². The molecule has 0 aliphatic carbocycles. The minimum absolute atomic E-state index is 0.0553.